The molecule has 0 aliphatic carbocycles. The van der Waals surface area contributed by atoms with Gasteiger partial charge in [0.05, 0.1) is 6.04 Å². The predicted octanol–water partition coefficient (Wildman–Crippen LogP) is 5.53. The van der Waals surface area contributed by atoms with Gasteiger partial charge in [0.25, 0.3) is 5.91 Å². The van der Waals surface area contributed by atoms with Crippen LogP contribution < -0.4 is 10.7 Å². The molecule has 1 atom stereocenters. The summed E-state index contributed by atoms with van der Waals surface area (Å²) < 4.78 is 0. The van der Waals surface area contributed by atoms with Crippen LogP contribution in [-0.4, -0.2) is 38.8 Å². The Bertz CT molecular complexity index is 2040. The molecule has 1 amide bonds. The number of fused-ring (bicyclic) bond motifs is 2. The van der Waals surface area contributed by atoms with E-state index in [-0.39, 0.29) is 35.5 Å². The number of pyridine rings is 1. The fourth-order valence-electron chi connectivity index (χ4n) is 5.31. The first-order valence-electron chi connectivity index (χ1n) is 13.8. The minimum Gasteiger partial charge on any atom is -0.477 e. The van der Waals surface area contributed by atoms with Crippen molar-refractivity contribution in [3.05, 3.63) is 142 Å². The molecule has 8 nitrogen and oxygen atoms in total. The lowest BCUT2D eigenvalue weighted by molar-refractivity contribution is -0.120. The summed E-state index contributed by atoms with van der Waals surface area (Å²) in [7, 11) is 0. The van der Waals surface area contributed by atoms with Crippen LogP contribution in [0.2, 0.25) is 0 Å². The third-order valence-corrected chi connectivity index (χ3v) is 7.60. The number of rotatable bonds is 9. The van der Waals surface area contributed by atoms with Crippen LogP contribution in [0, 0.1) is 0 Å². The van der Waals surface area contributed by atoms with E-state index in [4.69, 9.17) is 0 Å². The highest BCUT2D eigenvalue weighted by Gasteiger charge is 2.24. The SMILES string of the molecule is O=C(N[C@@H](Cc1c[nH]c2ccccc12)C(=O)Cc1ccc2[nH]cc(C(=O)O)c(=O)c2c1)c1ccc(-c2ccccc2)cc1. The summed E-state index contributed by atoms with van der Waals surface area (Å²) in [6, 6.07) is 28.8. The Morgan fingerprint density at radius 2 is 1.42 bits per heavy atom. The normalized spacial score (nSPS) is 11.8. The van der Waals surface area contributed by atoms with Gasteiger partial charge in [0.1, 0.15) is 5.56 Å². The molecule has 6 rings (SSSR count). The van der Waals surface area contributed by atoms with E-state index in [0.717, 1.165) is 33.8 Å². The zero-order chi connectivity index (χ0) is 29.9. The van der Waals surface area contributed by atoms with Gasteiger partial charge in [-0.1, -0.05) is 66.7 Å². The first-order valence-corrected chi connectivity index (χ1v) is 13.8. The number of carbonyl (C=O) groups is 3. The van der Waals surface area contributed by atoms with Gasteiger partial charge in [0, 0.05) is 52.6 Å². The largest absolute Gasteiger partial charge is 0.477 e. The minimum atomic E-state index is -1.33. The molecule has 4 N–H and O–H groups in total. The van der Waals surface area contributed by atoms with E-state index in [0.29, 0.717) is 16.6 Å². The molecule has 0 saturated carbocycles. The number of aromatic amines is 2. The lowest BCUT2D eigenvalue weighted by atomic mass is 9.96. The van der Waals surface area contributed by atoms with Crippen molar-refractivity contribution >= 4 is 39.5 Å². The lowest BCUT2D eigenvalue weighted by Gasteiger charge is -2.18. The molecule has 0 fully saturated rings. The fraction of sp³-hybridized carbons (Fsp3) is 0.0857. The first kappa shape index (κ1) is 27.4. The summed E-state index contributed by atoms with van der Waals surface area (Å²) in [5.41, 5.74) is 4.24. The van der Waals surface area contributed by atoms with Gasteiger partial charge in [-0.2, -0.15) is 0 Å². The van der Waals surface area contributed by atoms with Crippen molar-refractivity contribution in [2.45, 2.75) is 18.9 Å². The highest BCUT2D eigenvalue weighted by Crippen LogP contribution is 2.22. The Labute approximate surface area is 246 Å². The van der Waals surface area contributed by atoms with Crippen LogP contribution in [0.3, 0.4) is 0 Å². The van der Waals surface area contributed by atoms with Gasteiger partial charge in [-0.3, -0.25) is 14.4 Å². The first-order chi connectivity index (χ1) is 20.9. The van der Waals surface area contributed by atoms with Crippen LogP contribution in [0.1, 0.15) is 31.8 Å². The number of Topliss-reactive ketones (excluding diaryl/α,β-unsaturated/α-hetero) is 1. The van der Waals surface area contributed by atoms with Gasteiger partial charge in [0.15, 0.2) is 5.78 Å². The van der Waals surface area contributed by atoms with Crippen LogP contribution in [0.4, 0.5) is 0 Å². The third-order valence-electron chi connectivity index (χ3n) is 7.60. The molecular formula is C35H27N3O5. The number of nitrogens with one attached hydrogen (secondary N) is 3. The van der Waals surface area contributed by atoms with E-state index < -0.39 is 17.4 Å². The van der Waals surface area contributed by atoms with Crippen molar-refractivity contribution in [2.24, 2.45) is 0 Å². The van der Waals surface area contributed by atoms with E-state index in [1.807, 2.05) is 72.9 Å². The number of ketones is 1. The van der Waals surface area contributed by atoms with Crippen molar-refractivity contribution in [1.82, 2.24) is 15.3 Å². The number of carboxylic acids is 1. The molecule has 0 spiro atoms. The second kappa shape index (κ2) is 11.6. The van der Waals surface area contributed by atoms with E-state index in [2.05, 4.69) is 15.3 Å². The number of benzene rings is 4. The molecule has 8 heteroatoms. The Hall–Kier alpha value is -5.76. The molecule has 0 aliphatic rings. The molecule has 0 bridgehead atoms. The summed E-state index contributed by atoms with van der Waals surface area (Å²) in [6.45, 7) is 0. The van der Waals surface area contributed by atoms with E-state index in [1.165, 1.54) is 6.07 Å². The maximum atomic E-state index is 13.8. The van der Waals surface area contributed by atoms with E-state index >= 15 is 0 Å². The van der Waals surface area contributed by atoms with Crippen molar-refractivity contribution in [3.63, 3.8) is 0 Å². The van der Waals surface area contributed by atoms with Crippen molar-refractivity contribution < 1.29 is 19.5 Å². The second-order valence-corrected chi connectivity index (χ2v) is 10.4. The van der Waals surface area contributed by atoms with Crippen molar-refractivity contribution in [2.75, 3.05) is 0 Å². The smallest absolute Gasteiger partial charge is 0.341 e. The fourth-order valence-corrected chi connectivity index (χ4v) is 5.31. The summed E-state index contributed by atoms with van der Waals surface area (Å²) >= 11 is 0. The number of hydrogen-bond donors (Lipinski definition) is 4. The number of aromatic carboxylic acids is 1. The maximum Gasteiger partial charge on any atom is 0.341 e. The number of H-pyrrole nitrogens is 2. The van der Waals surface area contributed by atoms with Crippen LogP contribution in [0.25, 0.3) is 32.9 Å². The predicted molar refractivity (Wildman–Crippen MR) is 165 cm³/mol. The molecule has 4 aromatic carbocycles. The highest BCUT2D eigenvalue weighted by molar-refractivity contribution is 5.99. The highest BCUT2D eigenvalue weighted by atomic mass is 16.4. The summed E-state index contributed by atoms with van der Waals surface area (Å²) in [6.07, 6.45) is 3.20. The van der Waals surface area contributed by atoms with Gasteiger partial charge in [-0.15, -0.1) is 0 Å². The quantitative estimate of drug-likeness (QED) is 0.182. The zero-order valence-corrected chi connectivity index (χ0v) is 23.0. The minimum absolute atomic E-state index is 0.0626. The molecule has 0 aliphatic heterocycles. The van der Waals surface area contributed by atoms with Gasteiger partial charge in [0.2, 0.25) is 5.43 Å². The molecule has 0 saturated heterocycles. The zero-order valence-electron chi connectivity index (χ0n) is 23.0. The van der Waals surface area contributed by atoms with Gasteiger partial charge in [-0.05, 0) is 52.6 Å². The summed E-state index contributed by atoms with van der Waals surface area (Å²) in [4.78, 5) is 57.4. The number of amides is 1. The Morgan fingerprint density at radius 3 is 2.19 bits per heavy atom. The lowest BCUT2D eigenvalue weighted by Crippen LogP contribution is -2.43. The van der Waals surface area contributed by atoms with E-state index in [1.54, 1.807) is 24.3 Å². The maximum absolute atomic E-state index is 13.8. The van der Waals surface area contributed by atoms with Gasteiger partial charge >= 0.3 is 5.97 Å². The molecule has 43 heavy (non-hydrogen) atoms. The molecule has 212 valence electrons. The summed E-state index contributed by atoms with van der Waals surface area (Å²) in [5, 5.41) is 13.4. The number of carboxylic acid groups (broad SMARTS) is 1. The molecule has 0 unspecified atom stereocenters. The number of carbonyl (C=O) groups excluding carboxylic acids is 2. The topological polar surface area (TPSA) is 132 Å². The summed E-state index contributed by atoms with van der Waals surface area (Å²) in [5.74, 6) is -1.95. The average Bonchev–Trinajstić information content (AvgIpc) is 3.44. The van der Waals surface area contributed by atoms with Gasteiger partial charge < -0.3 is 20.4 Å². The van der Waals surface area contributed by atoms with Crippen LogP contribution in [-0.2, 0) is 17.6 Å². The van der Waals surface area contributed by atoms with Crippen LogP contribution >= 0.6 is 0 Å². The molecule has 2 aromatic heterocycles. The molecular weight excluding hydrogens is 542 g/mol. The Kier molecular flexibility index (Phi) is 7.41. The number of hydrogen-bond acceptors (Lipinski definition) is 4. The molecule has 6 aromatic rings. The average molecular weight is 570 g/mol. The van der Waals surface area contributed by atoms with E-state index in [9.17, 15) is 24.3 Å². The number of aromatic nitrogens is 2. The Balaban J connectivity index is 1.28. The Morgan fingerprint density at radius 1 is 0.744 bits per heavy atom. The molecule has 0 radical (unpaired) electrons. The van der Waals surface area contributed by atoms with Crippen LogP contribution in [0.5, 0.6) is 0 Å². The second-order valence-electron chi connectivity index (χ2n) is 10.4. The van der Waals surface area contributed by atoms with Gasteiger partial charge in [-0.25, -0.2) is 4.79 Å². The van der Waals surface area contributed by atoms with Crippen molar-refractivity contribution in [3.8, 4) is 11.1 Å². The van der Waals surface area contributed by atoms with Crippen LogP contribution in [0.15, 0.2) is 114 Å². The molecule has 2 heterocycles. The monoisotopic (exact) mass is 569 g/mol. The van der Waals surface area contributed by atoms with Crippen molar-refractivity contribution in [1.29, 1.82) is 0 Å². The number of para-hydroxylation sites is 1. The standard InChI is InChI=1S/C35H27N3O5/c39-32(17-21-10-15-30-27(16-21)33(40)28(20-37-30)35(42)43)31(18-25-19-36-29-9-5-4-8-26(25)29)38-34(41)24-13-11-23(12-14-24)22-6-2-1-3-7-22/h1-16,19-20,31,36H,17-18H2,(H,37,40)(H,38,41)(H,42,43)/t31-/m0/s1. The third kappa shape index (κ3) is 5.71.